The van der Waals surface area contributed by atoms with Crippen LogP contribution in [-0.2, 0) is 22.4 Å². The minimum atomic E-state index is -0.475. The molecule has 0 fully saturated rings. The van der Waals surface area contributed by atoms with E-state index in [1.807, 2.05) is 6.07 Å². The van der Waals surface area contributed by atoms with Crippen LogP contribution >= 0.6 is 0 Å². The molecule has 19 heavy (non-hydrogen) atoms. The third-order valence-electron chi connectivity index (χ3n) is 3.66. The lowest BCUT2D eigenvalue weighted by Gasteiger charge is -2.26. The fraction of sp³-hybridized carbons (Fsp3) is 0.533. The zero-order valence-corrected chi connectivity index (χ0v) is 11.4. The number of aryl methyl sites for hydroxylation is 1. The minimum absolute atomic E-state index is 0.0681. The van der Waals surface area contributed by atoms with Gasteiger partial charge >= 0.3 is 0 Å². The quantitative estimate of drug-likeness (QED) is 0.833. The van der Waals surface area contributed by atoms with Crippen LogP contribution in [0.25, 0.3) is 0 Å². The number of benzene rings is 1. The van der Waals surface area contributed by atoms with Crippen LogP contribution in [0.1, 0.15) is 24.0 Å². The summed E-state index contributed by atoms with van der Waals surface area (Å²) in [6.07, 6.45) is 3.47. The van der Waals surface area contributed by atoms with Gasteiger partial charge in [0.25, 0.3) is 0 Å². The molecule has 1 aliphatic carbocycles. The lowest BCUT2D eigenvalue weighted by Crippen LogP contribution is -2.47. The Morgan fingerprint density at radius 3 is 2.95 bits per heavy atom. The molecule has 0 heterocycles. The number of carbonyl (C=O) groups excluding carboxylic acids is 1. The number of ether oxygens (including phenoxy) is 1. The van der Waals surface area contributed by atoms with Crippen molar-refractivity contribution in [1.29, 1.82) is 0 Å². The lowest BCUT2D eigenvalue weighted by atomic mass is 9.88. The number of fused-ring (bicyclic) bond motifs is 1. The number of nitrogens with one attached hydrogen (secondary N) is 1. The van der Waals surface area contributed by atoms with Gasteiger partial charge in [-0.2, -0.15) is 0 Å². The molecule has 0 saturated carbocycles. The Bertz CT molecular complexity index is 434. The summed E-state index contributed by atoms with van der Waals surface area (Å²) in [5, 5.41) is 3.05. The first-order valence-corrected chi connectivity index (χ1v) is 6.82. The number of rotatable bonds is 5. The lowest BCUT2D eigenvalue weighted by molar-refractivity contribution is -0.123. The second kappa shape index (κ2) is 6.68. The van der Waals surface area contributed by atoms with Gasteiger partial charge in [0, 0.05) is 19.8 Å². The molecule has 1 amide bonds. The summed E-state index contributed by atoms with van der Waals surface area (Å²) in [4.78, 5) is 11.9. The van der Waals surface area contributed by atoms with Gasteiger partial charge in [0.15, 0.2) is 0 Å². The van der Waals surface area contributed by atoms with E-state index >= 15 is 0 Å². The smallest absolute Gasteiger partial charge is 0.237 e. The molecule has 0 radical (unpaired) electrons. The molecule has 2 atom stereocenters. The molecule has 4 nitrogen and oxygen atoms in total. The van der Waals surface area contributed by atoms with E-state index in [1.54, 1.807) is 7.11 Å². The van der Waals surface area contributed by atoms with Crippen LogP contribution in [0.4, 0.5) is 0 Å². The predicted molar refractivity (Wildman–Crippen MR) is 74.9 cm³/mol. The third-order valence-corrected chi connectivity index (χ3v) is 3.66. The Balaban J connectivity index is 1.86. The largest absolute Gasteiger partial charge is 0.385 e. The van der Waals surface area contributed by atoms with Gasteiger partial charge in [-0.15, -0.1) is 0 Å². The number of hydrogen-bond acceptors (Lipinski definition) is 3. The van der Waals surface area contributed by atoms with Gasteiger partial charge in [0.1, 0.15) is 0 Å². The van der Waals surface area contributed by atoms with Crippen molar-refractivity contribution in [2.75, 3.05) is 13.7 Å². The van der Waals surface area contributed by atoms with Gasteiger partial charge in [-0.3, -0.25) is 4.79 Å². The van der Waals surface area contributed by atoms with Crippen LogP contribution in [0.2, 0.25) is 0 Å². The molecule has 4 heteroatoms. The summed E-state index contributed by atoms with van der Waals surface area (Å²) in [6, 6.07) is 8.15. The first-order chi connectivity index (χ1) is 9.20. The first kappa shape index (κ1) is 14.0. The van der Waals surface area contributed by atoms with E-state index in [2.05, 4.69) is 23.5 Å². The van der Waals surface area contributed by atoms with Crippen molar-refractivity contribution in [1.82, 2.24) is 5.32 Å². The Hall–Kier alpha value is -1.39. The van der Waals surface area contributed by atoms with Gasteiger partial charge in [-0.1, -0.05) is 24.3 Å². The summed E-state index contributed by atoms with van der Waals surface area (Å²) >= 11 is 0. The number of carbonyl (C=O) groups is 1. The average molecular weight is 262 g/mol. The Morgan fingerprint density at radius 1 is 1.47 bits per heavy atom. The molecule has 104 valence electrons. The highest BCUT2D eigenvalue weighted by Crippen LogP contribution is 2.21. The minimum Gasteiger partial charge on any atom is -0.385 e. The van der Waals surface area contributed by atoms with Crippen molar-refractivity contribution in [3.05, 3.63) is 35.4 Å². The number of methoxy groups -OCH3 is 1. The summed E-state index contributed by atoms with van der Waals surface area (Å²) in [6.45, 7) is 0.516. The van der Waals surface area contributed by atoms with Crippen LogP contribution in [-0.4, -0.2) is 31.7 Å². The van der Waals surface area contributed by atoms with Crippen LogP contribution in [0.3, 0.4) is 0 Å². The Labute approximate surface area is 114 Å². The van der Waals surface area contributed by atoms with Gasteiger partial charge < -0.3 is 15.8 Å². The highest BCUT2D eigenvalue weighted by Gasteiger charge is 2.22. The molecular weight excluding hydrogens is 240 g/mol. The molecule has 1 aliphatic rings. The highest BCUT2D eigenvalue weighted by atomic mass is 16.5. The summed E-state index contributed by atoms with van der Waals surface area (Å²) in [5.74, 6) is -0.0681. The number of nitrogens with two attached hydrogens (primary N) is 1. The van der Waals surface area contributed by atoms with Gasteiger partial charge in [0.2, 0.25) is 5.91 Å². The van der Waals surface area contributed by atoms with Crippen molar-refractivity contribution in [2.24, 2.45) is 5.73 Å². The van der Waals surface area contributed by atoms with E-state index < -0.39 is 6.04 Å². The van der Waals surface area contributed by atoms with Gasteiger partial charge in [0.05, 0.1) is 6.04 Å². The zero-order valence-electron chi connectivity index (χ0n) is 11.4. The SMILES string of the molecule is COCCC(N)C(=O)NC1CCc2ccccc2C1. The van der Waals surface area contributed by atoms with Crippen molar-refractivity contribution < 1.29 is 9.53 Å². The van der Waals surface area contributed by atoms with Crippen molar-refractivity contribution >= 4 is 5.91 Å². The number of hydrogen-bond donors (Lipinski definition) is 2. The molecule has 1 aromatic carbocycles. The van der Waals surface area contributed by atoms with Crippen molar-refractivity contribution in [3.63, 3.8) is 0 Å². The van der Waals surface area contributed by atoms with E-state index in [4.69, 9.17) is 10.5 Å². The fourth-order valence-electron chi connectivity index (χ4n) is 2.51. The van der Waals surface area contributed by atoms with Crippen LogP contribution < -0.4 is 11.1 Å². The van der Waals surface area contributed by atoms with E-state index in [-0.39, 0.29) is 11.9 Å². The first-order valence-electron chi connectivity index (χ1n) is 6.82. The average Bonchev–Trinajstić information content (AvgIpc) is 2.44. The standard InChI is InChI=1S/C15H22N2O2/c1-19-9-8-14(16)15(18)17-13-7-6-11-4-2-3-5-12(11)10-13/h2-5,13-14H,6-10,16H2,1H3,(H,17,18). The van der Waals surface area contributed by atoms with Crippen molar-refractivity contribution in [2.45, 2.75) is 37.8 Å². The summed E-state index contributed by atoms with van der Waals surface area (Å²) < 4.78 is 4.94. The van der Waals surface area contributed by atoms with Crippen LogP contribution in [0, 0.1) is 0 Å². The van der Waals surface area contributed by atoms with E-state index in [0.717, 1.165) is 19.3 Å². The maximum absolute atomic E-state index is 11.9. The Kier molecular flexibility index (Phi) is 4.93. The maximum atomic E-state index is 11.9. The summed E-state index contributed by atoms with van der Waals surface area (Å²) in [5.41, 5.74) is 8.56. The van der Waals surface area contributed by atoms with Gasteiger partial charge in [-0.05, 0) is 36.8 Å². The molecule has 1 aromatic rings. The second-order valence-corrected chi connectivity index (χ2v) is 5.10. The molecule has 0 aromatic heterocycles. The molecule has 0 spiro atoms. The van der Waals surface area contributed by atoms with Crippen LogP contribution in [0.15, 0.2) is 24.3 Å². The molecule has 2 unspecified atom stereocenters. The van der Waals surface area contributed by atoms with Gasteiger partial charge in [-0.25, -0.2) is 0 Å². The molecule has 0 bridgehead atoms. The van der Waals surface area contributed by atoms with E-state index in [0.29, 0.717) is 13.0 Å². The predicted octanol–water partition coefficient (Wildman–Crippen LogP) is 1.02. The molecule has 2 rings (SSSR count). The van der Waals surface area contributed by atoms with Crippen LogP contribution in [0.5, 0.6) is 0 Å². The Morgan fingerprint density at radius 2 is 2.21 bits per heavy atom. The number of amides is 1. The fourth-order valence-corrected chi connectivity index (χ4v) is 2.51. The maximum Gasteiger partial charge on any atom is 0.237 e. The normalized spacial score (nSPS) is 19.6. The monoisotopic (exact) mass is 262 g/mol. The van der Waals surface area contributed by atoms with E-state index in [9.17, 15) is 4.79 Å². The molecule has 0 aliphatic heterocycles. The second-order valence-electron chi connectivity index (χ2n) is 5.10. The third kappa shape index (κ3) is 3.78. The molecule has 0 saturated heterocycles. The van der Waals surface area contributed by atoms with Crippen molar-refractivity contribution in [3.8, 4) is 0 Å². The topological polar surface area (TPSA) is 64.3 Å². The molecule has 3 N–H and O–H groups in total. The molecular formula is C15H22N2O2. The zero-order chi connectivity index (χ0) is 13.7. The van der Waals surface area contributed by atoms with E-state index in [1.165, 1.54) is 11.1 Å². The summed E-state index contributed by atoms with van der Waals surface area (Å²) in [7, 11) is 1.61. The highest BCUT2D eigenvalue weighted by molar-refractivity contribution is 5.81.